The number of hydrogen-bond donors (Lipinski definition) is 0. The van der Waals surface area contributed by atoms with Crippen molar-refractivity contribution < 1.29 is 28.0 Å². The number of nitrogens with zero attached hydrogens (tertiary/aromatic N) is 3. The summed E-state index contributed by atoms with van der Waals surface area (Å²) in [6, 6.07) is 22.0. The Bertz CT molecular complexity index is 2170. The van der Waals surface area contributed by atoms with Crippen molar-refractivity contribution in [3.05, 3.63) is 143 Å². The molecule has 12 heteroatoms. The number of ether oxygens (including phenoxy) is 2. The Morgan fingerprint density at radius 1 is 1.09 bits per heavy atom. The number of esters is 1. The summed E-state index contributed by atoms with van der Waals surface area (Å²) in [7, 11) is 1.53. The number of nitro groups is 1. The van der Waals surface area contributed by atoms with Crippen LogP contribution in [0.2, 0.25) is 0 Å². The monoisotopic (exact) mass is 625 g/mol. The number of nitro benzene ring substituents is 1. The third-order valence-electron chi connectivity index (χ3n) is 7.11. The van der Waals surface area contributed by atoms with E-state index in [2.05, 4.69) is 0 Å². The van der Waals surface area contributed by atoms with Crippen molar-refractivity contribution in [1.29, 1.82) is 0 Å². The minimum Gasteiger partial charge on any atom is -0.497 e. The minimum absolute atomic E-state index is 0.123. The number of furan rings is 1. The van der Waals surface area contributed by atoms with E-state index in [1.165, 1.54) is 23.8 Å². The fourth-order valence-corrected chi connectivity index (χ4v) is 6.07. The number of aromatic nitrogens is 1. The van der Waals surface area contributed by atoms with Gasteiger partial charge in [-0.25, -0.2) is 9.79 Å². The molecule has 3 aromatic carbocycles. The molecule has 10 nitrogen and oxygen atoms in total. The van der Waals surface area contributed by atoms with Gasteiger partial charge in [-0.2, -0.15) is 4.39 Å². The maximum Gasteiger partial charge on any atom is 0.338 e. The van der Waals surface area contributed by atoms with E-state index in [1.807, 2.05) is 30.3 Å². The fourth-order valence-electron chi connectivity index (χ4n) is 5.09. The molecular formula is C33H24FN3O7S. The third-order valence-corrected chi connectivity index (χ3v) is 8.09. The highest BCUT2D eigenvalue weighted by Gasteiger charge is 2.35. The molecule has 1 aliphatic heterocycles. The topological polar surface area (TPSA) is 126 Å². The Hall–Kier alpha value is -5.62. The Morgan fingerprint density at radius 2 is 1.89 bits per heavy atom. The summed E-state index contributed by atoms with van der Waals surface area (Å²) in [6.07, 6.45) is 1.53. The SMILES string of the molecule is CCOC(=O)C1=C(c2ccccc2)N=c2s/c(=C\c3ccc(-c4ccc(F)c([N+](=O)[O-])c4)o3)c(=O)n2[C@H]1c1cccc(OC)c1. The first-order valence-electron chi connectivity index (χ1n) is 13.8. The first kappa shape index (κ1) is 29.5. The van der Waals surface area contributed by atoms with Gasteiger partial charge in [-0.15, -0.1) is 0 Å². The maximum atomic E-state index is 14.1. The lowest BCUT2D eigenvalue weighted by atomic mass is 9.93. The Morgan fingerprint density at radius 3 is 2.62 bits per heavy atom. The predicted octanol–water partition coefficient (Wildman–Crippen LogP) is 5.25. The fraction of sp³-hybridized carbons (Fsp3) is 0.121. The van der Waals surface area contributed by atoms with Gasteiger partial charge >= 0.3 is 11.7 Å². The molecule has 5 aromatic rings. The van der Waals surface area contributed by atoms with Crippen LogP contribution in [-0.4, -0.2) is 29.2 Å². The second-order valence-corrected chi connectivity index (χ2v) is 10.8. The Kier molecular flexibility index (Phi) is 7.97. The van der Waals surface area contributed by atoms with Crippen molar-refractivity contribution in [2.75, 3.05) is 13.7 Å². The second kappa shape index (κ2) is 12.2. The van der Waals surface area contributed by atoms with E-state index in [0.717, 1.165) is 23.5 Å². The summed E-state index contributed by atoms with van der Waals surface area (Å²) in [4.78, 5) is 43.2. The molecule has 3 heterocycles. The quantitative estimate of drug-likeness (QED) is 0.131. The lowest BCUT2D eigenvalue weighted by Gasteiger charge is -2.26. The zero-order valence-electron chi connectivity index (χ0n) is 23.9. The summed E-state index contributed by atoms with van der Waals surface area (Å²) in [5.74, 6) is -0.485. The van der Waals surface area contributed by atoms with Crippen LogP contribution in [0.5, 0.6) is 5.75 Å². The predicted molar refractivity (Wildman–Crippen MR) is 165 cm³/mol. The van der Waals surface area contributed by atoms with Gasteiger partial charge in [-0.1, -0.05) is 53.8 Å². The average Bonchev–Trinajstić information content (AvgIpc) is 3.64. The molecule has 2 aromatic heterocycles. The van der Waals surface area contributed by atoms with Crippen LogP contribution < -0.4 is 19.6 Å². The first-order chi connectivity index (χ1) is 21.8. The van der Waals surface area contributed by atoms with Crippen molar-refractivity contribution >= 4 is 34.8 Å². The molecule has 0 saturated carbocycles. The largest absolute Gasteiger partial charge is 0.497 e. The zero-order chi connectivity index (χ0) is 31.7. The highest BCUT2D eigenvalue weighted by molar-refractivity contribution is 7.07. The molecule has 0 radical (unpaired) electrons. The van der Waals surface area contributed by atoms with Crippen LogP contribution in [0, 0.1) is 15.9 Å². The molecule has 0 spiro atoms. The standard InChI is InChI=1S/C33H24FN3O7S/c1-3-43-32(39)28-29(19-8-5-4-6-9-19)35-33-36(30(28)21-10-7-11-22(16-21)42-2)31(38)27(45-33)18-23-13-15-26(44-23)20-12-14-24(34)25(17-20)37(40)41/h4-18,30H,3H2,1-2H3/b27-18-/t30-/m0/s1. The molecular weight excluding hydrogens is 601 g/mol. The van der Waals surface area contributed by atoms with Crippen molar-refractivity contribution in [2.24, 2.45) is 4.99 Å². The molecule has 0 unspecified atom stereocenters. The molecule has 1 aliphatic rings. The van der Waals surface area contributed by atoms with Gasteiger partial charge < -0.3 is 13.9 Å². The van der Waals surface area contributed by atoms with Gasteiger partial charge in [0.15, 0.2) is 4.80 Å². The van der Waals surface area contributed by atoms with Crippen molar-refractivity contribution in [1.82, 2.24) is 4.57 Å². The van der Waals surface area contributed by atoms with Gasteiger partial charge in [-0.3, -0.25) is 19.5 Å². The lowest BCUT2D eigenvalue weighted by molar-refractivity contribution is -0.387. The number of carbonyl (C=O) groups excluding carboxylic acids is 1. The number of halogens is 1. The summed E-state index contributed by atoms with van der Waals surface area (Å²) < 4.78 is 32.4. The van der Waals surface area contributed by atoms with Crippen LogP contribution >= 0.6 is 11.3 Å². The van der Waals surface area contributed by atoms with Crippen molar-refractivity contribution in [3.63, 3.8) is 0 Å². The highest BCUT2D eigenvalue weighted by atomic mass is 32.1. The third kappa shape index (κ3) is 5.58. The second-order valence-electron chi connectivity index (χ2n) is 9.83. The zero-order valence-corrected chi connectivity index (χ0v) is 24.7. The molecule has 226 valence electrons. The molecule has 45 heavy (non-hydrogen) atoms. The van der Waals surface area contributed by atoms with E-state index in [1.54, 1.807) is 43.3 Å². The average molecular weight is 626 g/mol. The number of carbonyl (C=O) groups is 1. The van der Waals surface area contributed by atoms with Gasteiger partial charge in [0, 0.05) is 23.3 Å². The molecule has 0 fully saturated rings. The molecule has 6 rings (SSSR count). The minimum atomic E-state index is -0.959. The van der Waals surface area contributed by atoms with Crippen LogP contribution in [0.25, 0.3) is 23.1 Å². The number of methoxy groups -OCH3 is 1. The van der Waals surface area contributed by atoms with Gasteiger partial charge in [0.05, 0.1) is 40.5 Å². The Balaban J connectivity index is 1.54. The van der Waals surface area contributed by atoms with Crippen LogP contribution in [0.3, 0.4) is 0 Å². The molecule has 0 bridgehead atoms. The summed E-state index contributed by atoms with van der Waals surface area (Å²) in [5, 5.41) is 11.2. The van der Waals surface area contributed by atoms with Crippen molar-refractivity contribution in [2.45, 2.75) is 13.0 Å². The Labute approximate surface area is 258 Å². The van der Waals surface area contributed by atoms with E-state index in [4.69, 9.17) is 18.9 Å². The van der Waals surface area contributed by atoms with E-state index >= 15 is 0 Å². The van der Waals surface area contributed by atoms with E-state index in [0.29, 0.717) is 32.9 Å². The number of fused-ring (bicyclic) bond motifs is 1. The van der Waals surface area contributed by atoms with Gasteiger partial charge in [0.1, 0.15) is 17.3 Å². The summed E-state index contributed by atoms with van der Waals surface area (Å²) in [5.41, 5.74) is 1.08. The van der Waals surface area contributed by atoms with Gasteiger partial charge in [-0.05, 0) is 48.9 Å². The number of rotatable bonds is 8. The summed E-state index contributed by atoms with van der Waals surface area (Å²) in [6.45, 7) is 1.83. The van der Waals surface area contributed by atoms with Crippen LogP contribution in [0.4, 0.5) is 10.1 Å². The molecule has 0 saturated heterocycles. The number of thiazole rings is 1. The lowest BCUT2D eigenvalue weighted by Crippen LogP contribution is -2.40. The molecule has 1 atom stereocenters. The summed E-state index contributed by atoms with van der Waals surface area (Å²) >= 11 is 1.12. The van der Waals surface area contributed by atoms with Gasteiger partial charge in [0.25, 0.3) is 5.56 Å². The van der Waals surface area contributed by atoms with Crippen LogP contribution in [0.15, 0.2) is 105 Å². The normalized spacial score (nSPS) is 14.6. The molecule has 0 amide bonds. The van der Waals surface area contributed by atoms with E-state index in [-0.39, 0.29) is 28.2 Å². The highest BCUT2D eigenvalue weighted by Crippen LogP contribution is 2.36. The van der Waals surface area contributed by atoms with Crippen LogP contribution in [0.1, 0.15) is 29.9 Å². The number of benzene rings is 3. The molecule has 0 aliphatic carbocycles. The van der Waals surface area contributed by atoms with Gasteiger partial charge in [0.2, 0.25) is 5.82 Å². The smallest absolute Gasteiger partial charge is 0.338 e. The van der Waals surface area contributed by atoms with E-state index in [9.17, 15) is 24.1 Å². The van der Waals surface area contributed by atoms with Crippen LogP contribution in [-0.2, 0) is 9.53 Å². The van der Waals surface area contributed by atoms with E-state index < -0.39 is 34.0 Å². The molecule has 0 N–H and O–H groups in total. The number of hydrogen-bond acceptors (Lipinski definition) is 9. The van der Waals surface area contributed by atoms with Crippen molar-refractivity contribution in [3.8, 4) is 17.1 Å². The first-order valence-corrected chi connectivity index (χ1v) is 14.6. The maximum absolute atomic E-state index is 14.1.